The Kier molecular flexibility index (Phi) is 8.10. The molecule has 2 atom stereocenters. The summed E-state index contributed by atoms with van der Waals surface area (Å²) in [4.78, 5) is 39.4. The summed E-state index contributed by atoms with van der Waals surface area (Å²) in [6.07, 6.45) is 1.22. The first-order valence-corrected chi connectivity index (χ1v) is 13.3. The van der Waals surface area contributed by atoms with Gasteiger partial charge < -0.3 is 23.8 Å². The molecule has 1 amide bonds. The van der Waals surface area contributed by atoms with Gasteiger partial charge in [-0.2, -0.15) is 4.98 Å². The number of aryl methyl sites for hydroxylation is 2. The molecule has 10 nitrogen and oxygen atoms in total. The van der Waals surface area contributed by atoms with E-state index in [0.717, 1.165) is 18.4 Å². The fourth-order valence-electron chi connectivity index (χ4n) is 4.99. The molecule has 10 heteroatoms. The van der Waals surface area contributed by atoms with Crippen molar-refractivity contribution in [1.82, 2.24) is 24.0 Å². The van der Waals surface area contributed by atoms with E-state index < -0.39 is 5.60 Å². The summed E-state index contributed by atoms with van der Waals surface area (Å²) in [6.45, 7) is 11.6. The molecule has 0 saturated carbocycles. The van der Waals surface area contributed by atoms with Crippen LogP contribution < -0.4 is 10.6 Å². The van der Waals surface area contributed by atoms with Gasteiger partial charge in [-0.05, 0) is 39.2 Å². The van der Waals surface area contributed by atoms with Crippen LogP contribution in [0, 0.1) is 0 Å². The Labute approximate surface area is 224 Å². The van der Waals surface area contributed by atoms with Crippen LogP contribution in [0.5, 0.6) is 0 Å². The highest BCUT2D eigenvalue weighted by atomic mass is 16.6. The number of hydrogen-bond acceptors (Lipinski definition) is 7. The maximum atomic E-state index is 13.0. The number of anilines is 1. The molecule has 0 radical (unpaired) electrons. The molecule has 4 rings (SSSR count). The number of carbonyl (C=O) groups is 1. The van der Waals surface area contributed by atoms with Crippen LogP contribution >= 0.6 is 0 Å². The van der Waals surface area contributed by atoms with Gasteiger partial charge in [0.05, 0.1) is 12.6 Å². The standard InChI is InChI=1S/C28H40N6O4/c1-8-20-16-34(27(36)38-28(3,4)5)21(9-2)15-33(20)24-23-25(32(7)26(35)30-24)31(6)22(29-23)18-37-17-19-13-11-10-12-14-19/h10-14,20-21H,8-9,15-18H2,1-7H3/t20-,21+/m0/s1. The largest absolute Gasteiger partial charge is 0.444 e. The average Bonchev–Trinajstić information content (AvgIpc) is 3.21. The van der Waals surface area contributed by atoms with Gasteiger partial charge in [0.1, 0.15) is 29.2 Å². The second-order valence-corrected chi connectivity index (χ2v) is 10.9. The van der Waals surface area contributed by atoms with E-state index in [9.17, 15) is 9.59 Å². The van der Waals surface area contributed by atoms with Crippen LogP contribution in [0.3, 0.4) is 0 Å². The molecule has 206 valence electrons. The first-order chi connectivity index (χ1) is 18.0. The van der Waals surface area contributed by atoms with Gasteiger partial charge in [-0.15, -0.1) is 0 Å². The first kappa shape index (κ1) is 27.6. The highest BCUT2D eigenvalue weighted by Gasteiger charge is 2.38. The molecule has 38 heavy (non-hydrogen) atoms. The number of nitrogens with zero attached hydrogens (tertiary/aromatic N) is 6. The third kappa shape index (κ3) is 5.70. The van der Waals surface area contributed by atoms with E-state index in [1.165, 1.54) is 4.57 Å². The van der Waals surface area contributed by atoms with Crippen molar-refractivity contribution in [3.05, 3.63) is 52.2 Å². The Balaban J connectivity index is 1.66. The molecule has 1 fully saturated rings. The number of amides is 1. The van der Waals surface area contributed by atoms with Crippen LogP contribution in [0.1, 0.15) is 58.8 Å². The lowest BCUT2D eigenvalue weighted by Crippen LogP contribution is -2.60. The Bertz CT molecular complexity index is 1330. The molecule has 1 aromatic carbocycles. The number of aromatic nitrogens is 4. The maximum Gasteiger partial charge on any atom is 0.410 e. The monoisotopic (exact) mass is 524 g/mol. The molecule has 1 aliphatic heterocycles. The Hall–Kier alpha value is -3.40. The zero-order chi connectivity index (χ0) is 27.6. The molecule has 1 aliphatic rings. The molecule has 3 heterocycles. The van der Waals surface area contributed by atoms with E-state index in [-0.39, 0.29) is 23.9 Å². The number of imidazole rings is 1. The normalized spacial score (nSPS) is 18.3. The molecule has 0 aliphatic carbocycles. The summed E-state index contributed by atoms with van der Waals surface area (Å²) in [7, 11) is 3.61. The van der Waals surface area contributed by atoms with Gasteiger partial charge in [-0.3, -0.25) is 4.57 Å². The zero-order valence-corrected chi connectivity index (χ0v) is 23.6. The van der Waals surface area contributed by atoms with E-state index in [1.807, 2.05) is 67.6 Å². The van der Waals surface area contributed by atoms with E-state index in [2.05, 4.69) is 23.7 Å². The van der Waals surface area contributed by atoms with E-state index in [1.54, 1.807) is 7.05 Å². The number of rotatable bonds is 7. The van der Waals surface area contributed by atoms with Crippen molar-refractivity contribution >= 4 is 23.1 Å². The van der Waals surface area contributed by atoms with Crippen LogP contribution in [0.2, 0.25) is 0 Å². The van der Waals surface area contributed by atoms with E-state index in [4.69, 9.17) is 14.5 Å². The summed E-state index contributed by atoms with van der Waals surface area (Å²) >= 11 is 0. The number of fused-ring (bicyclic) bond motifs is 1. The third-order valence-electron chi connectivity index (χ3n) is 7.06. The van der Waals surface area contributed by atoms with Crippen LogP contribution in [-0.4, -0.2) is 60.9 Å². The molecular formula is C28H40N6O4. The number of piperazine rings is 1. The highest BCUT2D eigenvalue weighted by molar-refractivity contribution is 5.85. The molecule has 0 unspecified atom stereocenters. The molecule has 0 bridgehead atoms. The fourth-order valence-corrected chi connectivity index (χ4v) is 4.99. The minimum Gasteiger partial charge on any atom is -0.444 e. The lowest BCUT2D eigenvalue weighted by Gasteiger charge is -2.46. The average molecular weight is 525 g/mol. The SMILES string of the molecule is CC[C@@H]1CN(c2nc(=O)n(C)c3c2nc(COCc2ccccc2)n3C)[C@@H](CC)CN1C(=O)OC(C)(C)C. The van der Waals surface area contributed by atoms with Crippen molar-refractivity contribution in [3.63, 3.8) is 0 Å². The minimum absolute atomic E-state index is 0.0343. The van der Waals surface area contributed by atoms with Crippen LogP contribution in [-0.2, 0) is 36.8 Å². The predicted molar refractivity (Wildman–Crippen MR) is 147 cm³/mol. The van der Waals surface area contributed by atoms with Crippen molar-refractivity contribution in [1.29, 1.82) is 0 Å². The quantitative estimate of drug-likeness (QED) is 0.461. The molecule has 0 spiro atoms. The van der Waals surface area contributed by atoms with Crippen LogP contribution in [0.15, 0.2) is 35.1 Å². The van der Waals surface area contributed by atoms with Gasteiger partial charge in [0, 0.05) is 33.2 Å². The summed E-state index contributed by atoms with van der Waals surface area (Å²) in [6, 6.07) is 9.87. The lowest BCUT2D eigenvalue weighted by atomic mass is 10.0. The van der Waals surface area contributed by atoms with Crippen molar-refractivity contribution in [2.75, 3.05) is 18.0 Å². The number of hydrogen-bond donors (Lipinski definition) is 0. The maximum absolute atomic E-state index is 13.0. The Morgan fingerprint density at radius 1 is 0.974 bits per heavy atom. The van der Waals surface area contributed by atoms with Crippen molar-refractivity contribution < 1.29 is 14.3 Å². The minimum atomic E-state index is -0.569. The van der Waals surface area contributed by atoms with Gasteiger partial charge in [-0.1, -0.05) is 44.2 Å². The highest BCUT2D eigenvalue weighted by Crippen LogP contribution is 2.30. The lowest BCUT2D eigenvalue weighted by molar-refractivity contribution is 0.00983. The second kappa shape index (κ2) is 11.1. The van der Waals surface area contributed by atoms with Crippen LogP contribution in [0.4, 0.5) is 10.6 Å². The molecular weight excluding hydrogens is 484 g/mol. The second-order valence-electron chi connectivity index (χ2n) is 10.9. The summed E-state index contributed by atoms with van der Waals surface area (Å²) in [5.74, 6) is 1.27. The molecule has 0 N–H and O–H groups in total. The number of carbonyl (C=O) groups excluding carboxylic acids is 1. The number of ether oxygens (including phenoxy) is 2. The van der Waals surface area contributed by atoms with Crippen molar-refractivity contribution in [2.24, 2.45) is 14.1 Å². The van der Waals surface area contributed by atoms with Gasteiger partial charge in [0.15, 0.2) is 5.82 Å². The van der Waals surface area contributed by atoms with Gasteiger partial charge in [-0.25, -0.2) is 14.6 Å². The topological polar surface area (TPSA) is 94.7 Å². The Morgan fingerprint density at radius 2 is 1.66 bits per heavy atom. The molecule has 3 aromatic rings. The van der Waals surface area contributed by atoms with Crippen molar-refractivity contribution in [3.8, 4) is 0 Å². The van der Waals surface area contributed by atoms with Crippen LogP contribution in [0.25, 0.3) is 11.2 Å². The van der Waals surface area contributed by atoms with Gasteiger partial charge in [0.2, 0.25) is 0 Å². The zero-order valence-electron chi connectivity index (χ0n) is 23.6. The summed E-state index contributed by atoms with van der Waals surface area (Å²) in [5.41, 5.74) is 1.52. The predicted octanol–water partition coefficient (Wildman–Crippen LogP) is 4.00. The molecule has 1 saturated heterocycles. The van der Waals surface area contributed by atoms with E-state index in [0.29, 0.717) is 49.1 Å². The van der Waals surface area contributed by atoms with Gasteiger partial charge in [0.25, 0.3) is 0 Å². The van der Waals surface area contributed by atoms with E-state index >= 15 is 0 Å². The Morgan fingerprint density at radius 3 is 2.29 bits per heavy atom. The molecule has 2 aromatic heterocycles. The van der Waals surface area contributed by atoms with Crippen molar-refractivity contribution in [2.45, 2.75) is 78.4 Å². The van der Waals surface area contributed by atoms with Gasteiger partial charge >= 0.3 is 11.8 Å². The fraction of sp³-hybridized carbons (Fsp3) is 0.571. The number of benzene rings is 1. The smallest absolute Gasteiger partial charge is 0.410 e. The summed E-state index contributed by atoms with van der Waals surface area (Å²) < 4.78 is 15.1. The first-order valence-electron chi connectivity index (χ1n) is 13.3. The summed E-state index contributed by atoms with van der Waals surface area (Å²) in [5, 5.41) is 0. The third-order valence-corrected chi connectivity index (χ3v) is 7.06.